The fraction of sp³-hybridized carbons (Fsp3) is 0.385. The van der Waals surface area contributed by atoms with Crippen molar-refractivity contribution in [2.75, 3.05) is 33.4 Å². The highest BCUT2D eigenvalue weighted by molar-refractivity contribution is 5.80. The van der Waals surface area contributed by atoms with Crippen molar-refractivity contribution in [1.82, 2.24) is 14.0 Å². The molecular weight excluding hydrogens is 518 g/mol. The van der Waals surface area contributed by atoms with Crippen LogP contribution in [0.5, 0.6) is 17.2 Å². The number of carbonyl (C=O) groups is 2. The minimum Gasteiger partial charge on any atom is -0.493 e. The summed E-state index contributed by atoms with van der Waals surface area (Å²) in [6.45, 7) is -0.515. The van der Waals surface area contributed by atoms with Crippen LogP contribution in [-0.2, 0) is 16.1 Å². The molecule has 11 nitrogen and oxygen atoms in total. The van der Waals surface area contributed by atoms with Crippen molar-refractivity contribution in [3.8, 4) is 17.2 Å². The molecule has 0 spiro atoms. The number of ether oxygens (including phenoxy) is 3. The van der Waals surface area contributed by atoms with Crippen molar-refractivity contribution >= 4 is 23.2 Å². The predicted molar refractivity (Wildman–Crippen MR) is 137 cm³/mol. The monoisotopic (exact) mass is 546 g/mol. The van der Waals surface area contributed by atoms with E-state index >= 15 is 0 Å². The van der Waals surface area contributed by atoms with Crippen LogP contribution in [-0.4, -0.2) is 66.2 Å². The molecule has 0 saturated carbocycles. The molecule has 1 fully saturated rings. The molecule has 0 atom stereocenters. The normalized spacial score (nSPS) is 14.0. The fourth-order valence-corrected chi connectivity index (χ4v) is 4.62. The van der Waals surface area contributed by atoms with Crippen LogP contribution in [0.3, 0.4) is 0 Å². The van der Waals surface area contributed by atoms with Gasteiger partial charge in [-0.25, -0.2) is 13.6 Å². The molecule has 0 aliphatic carbocycles. The summed E-state index contributed by atoms with van der Waals surface area (Å²) in [5.74, 6) is -0.0986. The lowest BCUT2D eigenvalue weighted by Gasteiger charge is -2.31. The maximum absolute atomic E-state index is 13.8. The number of likely N-dealkylation sites (tertiary alicyclic amines) is 1. The van der Waals surface area contributed by atoms with E-state index < -0.39 is 36.8 Å². The first-order chi connectivity index (χ1) is 18.7. The molecule has 208 valence electrons. The first kappa shape index (κ1) is 27.6. The number of fused-ring (bicyclic) bond motifs is 1. The summed E-state index contributed by atoms with van der Waals surface area (Å²) in [4.78, 5) is 51.3. The lowest BCUT2D eigenvalue weighted by Crippen LogP contribution is -2.44. The molecule has 4 rings (SSSR count). The Labute approximate surface area is 221 Å². The highest BCUT2D eigenvalue weighted by atomic mass is 19.3. The number of amides is 2. The number of alkyl halides is 2. The summed E-state index contributed by atoms with van der Waals surface area (Å²) in [5, 5.41) is 0.123. The van der Waals surface area contributed by atoms with Gasteiger partial charge in [0.15, 0.2) is 18.1 Å². The van der Waals surface area contributed by atoms with Gasteiger partial charge < -0.3 is 24.8 Å². The smallest absolute Gasteiger partial charge is 0.332 e. The van der Waals surface area contributed by atoms with Gasteiger partial charge in [-0.3, -0.25) is 23.5 Å². The molecule has 1 saturated heterocycles. The molecule has 0 bridgehead atoms. The molecule has 0 radical (unpaired) electrons. The van der Waals surface area contributed by atoms with Crippen molar-refractivity contribution < 1.29 is 32.6 Å². The molecule has 2 aromatic carbocycles. The van der Waals surface area contributed by atoms with Crippen LogP contribution in [0, 0.1) is 0 Å². The maximum Gasteiger partial charge on any atom is 0.332 e. The van der Waals surface area contributed by atoms with Crippen LogP contribution < -0.4 is 31.2 Å². The summed E-state index contributed by atoms with van der Waals surface area (Å²) in [6, 6.07) is 8.74. The van der Waals surface area contributed by atoms with E-state index in [1.165, 1.54) is 35.9 Å². The fourth-order valence-electron chi connectivity index (χ4n) is 4.62. The van der Waals surface area contributed by atoms with Crippen LogP contribution in [0.2, 0.25) is 0 Å². The molecule has 1 aliphatic rings. The lowest BCUT2D eigenvalue weighted by molar-refractivity contribution is -0.120. The van der Waals surface area contributed by atoms with Gasteiger partial charge in [0.1, 0.15) is 12.4 Å². The number of nitrogens with zero attached hydrogens (tertiary/aromatic N) is 3. The van der Waals surface area contributed by atoms with E-state index in [1.54, 1.807) is 17.0 Å². The van der Waals surface area contributed by atoms with E-state index in [1.807, 2.05) is 0 Å². The Hall–Kier alpha value is -4.42. The quantitative estimate of drug-likeness (QED) is 0.360. The van der Waals surface area contributed by atoms with Crippen molar-refractivity contribution in [2.24, 2.45) is 5.73 Å². The highest BCUT2D eigenvalue weighted by Gasteiger charge is 2.25. The Morgan fingerprint density at radius 3 is 2.49 bits per heavy atom. The van der Waals surface area contributed by atoms with Crippen molar-refractivity contribution in [1.29, 1.82) is 0 Å². The zero-order valence-corrected chi connectivity index (χ0v) is 21.2. The predicted octanol–water partition coefficient (Wildman–Crippen LogP) is 1.52. The van der Waals surface area contributed by atoms with Gasteiger partial charge in [-0.15, -0.1) is 0 Å². The molecule has 13 heteroatoms. The van der Waals surface area contributed by atoms with Crippen LogP contribution in [0.4, 0.5) is 8.78 Å². The van der Waals surface area contributed by atoms with E-state index in [-0.39, 0.29) is 29.5 Å². The Kier molecular flexibility index (Phi) is 8.47. The largest absolute Gasteiger partial charge is 0.493 e. The van der Waals surface area contributed by atoms with E-state index in [9.17, 15) is 28.0 Å². The molecule has 0 unspecified atom stereocenters. The zero-order valence-electron chi connectivity index (χ0n) is 21.2. The molecule has 2 heterocycles. The SMILES string of the molecule is COc1ccc(Cn2c(=O)c3cc(OCC(F)F)ccc3n(C3CCN(C=O)CC3)c2=O)cc1OCC(N)=O. The summed E-state index contributed by atoms with van der Waals surface area (Å²) < 4.78 is 43.8. The van der Waals surface area contributed by atoms with Gasteiger partial charge in [-0.05, 0) is 48.7 Å². The van der Waals surface area contributed by atoms with Gasteiger partial charge in [-0.2, -0.15) is 0 Å². The average Bonchev–Trinajstić information content (AvgIpc) is 2.93. The van der Waals surface area contributed by atoms with Crippen LogP contribution in [0.15, 0.2) is 46.0 Å². The van der Waals surface area contributed by atoms with E-state index in [0.717, 1.165) is 11.0 Å². The summed E-state index contributed by atoms with van der Waals surface area (Å²) in [7, 11) is 1.42. The second-order valence-electron chi connectivity index (χ2n) is 9.04. The highest BCUT2D eigenvalue weighted by Crippen LogP contribution is 2.29. The van der Waals surface area contributed by atoms with Gasteiger partial charge in [0, 0.05) is 19.1 Å². The van der Waals surface area contributed by atoms with Gasteiger partial charge in [0.25, 0.3) is 17.9 Å². The third kappa shape index (κ3) is 6.19. The maximum atomic E-state index is 13.8. The number of primary amides is 1. The van der Waals surface area contributed by atoms with Crippen molar-refractivity contribution in [3.05, 3.63) is 62.8 Å². The number of hydrogen-bond acceptors (Lipinski definition) is 7. The van der Waals surface area contributed by atoms with E-state index in [2.05, 4.69) is 0 Å². The number of halogens is 2. The second kappa shape index (κ2) is 12.0. The zero-order chi connectivity index (χ0) is 28.1. The molecule has 1 aliphatic heterocycles. The Morgan fingerprint density at radius 1 is 1.10 bits per heavy atom. The van der Waals surface area contributed by atoms with E-state index in [0.29, 0.717) is 42.8 Å². The van der Waals surface area contributed by atoms with Gasteiger partial charge in [-0.1, -0.05) is 6.07 Å². The Balaban J connectivity index is 1.81. The Bertz CT molecular complexity index is 1480. The molecule has 2 amide bonds. The molecule has 1 aromatic heterocycles. The number of benzene rings is 2. The first-order valence-corrected chi connectivity index (χ1v) is 12.2. The average molecular weight is 547 g/mol. The minimum absolute atomic E-state index is 0.0685. The number of nitrogens with two attached hydrogens (primary N) is 1. The number of hydrogen-bond donors (Lipinski definition) is 1. The third-order valence-electron chi connectivity index (χ3n) is 6.47. The van der Waals surface area contributed by atoms with Crippen LogP contribution >= 0.6 is 0 Å². The number of rotatable bonds is 11. The van der Waals surface area contributed by atoms with Crippen LogP contribution in [0.25, 0.3) is 10.9 Å². The topological polar surface area (TPSA) is 135 Å². The molecule has 39 heavy (non-hydrogen) atoms. The number of aromatic nitrogens is 2. The number of methoxy groups -OCH3 is 1. The van der Waals surface area contributed by atoms with Gasteiger partial charge in [0.2, 0.25) is 6.41 Å². The first-order valence-electron chi connectivity index (χ1n) is 12.2. The summed E-state index contributed by atoms with van der Waals surface area (Å²) in [5.41, 5.74) is 4.83. The van der Waals surface area contributed by atoms with Gasteiger partial charge in [0.05, 0.1) is 24.6 Å². The molecular formula is C26H28F2N4O7. The van der Waals surface area contributed by atoms with Gasteiger partial charge >= 0.3 is 5.69 Å². The molecule has 2 N–H and O–H groups in total. The second-order valence-corrected chi connectivity index (χ2v) is 9.04. The summed E-state index contributed by atoms with van der Waals surface area (Å²) >= 11 is 0. The van der Waals surface area contributed by atoms with E-state index in [4.69, 9.17) is 19.9 Å². The third-order valence-corrected chi connectivity index (χ3v) is 6.47. The van der Waals surface area contributed by atoms with Crippen molar-refractivity contribution in [2.45, 2.75) is 31.9 Å². The molecule has 3 aromatic rings. The van der Waals surface area contributed by atoms with Crippen molar-refractivity contribution in [3.63, 3.8) is 0 Å². The standard InChI is InChI=1S/C26H28F2N4O7/c1-37-21-5-2-16(10-22(21)39-14-24(29)34)12-31-25(35)19-11-18(38-13-23(27)28)3-4-20(19)32(26(31)36)17-6-8-30(15-33)9-7-17/h2-5,10-11,15,17,23H,6-9,12-14H2,1H3,(H2,29,34). The number of piperidine rings is 1. The summed E-state index contributed by atoms with van der Waals surface area (Å²) in [6.07, 6.45) is -0.964. The Morgan fingerprint density at radius 2 is 1.85 bits per heavy atom. The van der Waals surface area contributed by atoms with Crippen LogP contribution in [0.1, 0.15) is 24.4 Å². The minimum atomic E-state index is -2.70. The number of carbonyl (C=O) groups excluding carboxylic acids is 2. The lowest BCUT2D eigenvalue weighted by atomic mass is 10.0.